The minimum Gasteiger partial charge on any atom is -0.454 e. The second-order valence-corrected chi connectivity index (χ2v) is 8.47. The molecule has 0 N–H and O–H groups in total. The van der Waals surface area contributed by atoms with E-state index >= 15 is 0 Å². The number of hydrogen-bond donors (Lipinski definition) is 0. The quantitative estimate of drug-likeness (QED) is 0.725. The average molecular weight is 391 g/mol. The molecule has 0 amide bonds. The van der Waals surface area contributed by atoms with Crippen molar-refractivity contribution in [3.8, 4) is 0 Å². The summed E-state index contributed by atoms with van der Waals surface area (Å²) in [5, 5.41) is 0. The van der Waals surface area contributed by atoms with Gasteiger partial charge in [0, 0.05) is 13.1 Å². The van der Waals surface area contributed by atoms with Gasteiger partial charge >= 0.3 is 5.97 Å². The summed E-state index contributed by atoms with van der Waals surface area (Å²) in [6.45, 7) is 2.45. The predicted molar refractivity (Wildman–Crippen MR) is 99.3 cm³/mol. The zero-order valence-electron chi connectivity index (χ0n) is 15.1. The summed E-state index contributed by atoms with van der Waals surface area (Å²) < 4.78 is 46.5. The van der Waals surface area contributed by atoms with Gasteiger partial charge in [-0.15, -0.1) is 0 Å². The zero-order valence-corrected chi connectivity index (χ0v) is 15.9. The van der Waals surface area contributed by atoms with Gasteiger partial charge in [-0.1, -0.05) is 36.8 Å². The lowest BCUT2D eigenvalue weighted by Gasteiger charge is -2.26. The van der Waals surface area contributed by atoms with Crippen molar-refractivity contribution in [3.05, 3.63) is 65.5 Å². The first-order valence-corrected chi connectivity index (χ1v) is 10.4. The van der Waals surface area contributed by atoms with Crippen LogP contribution in [0.2, 0.25) is 0 Å². The van der Waals surface area contributed by atoms with E-state index in [1.807, 2.05) is 30.3 Å². The molecule has 7 heteroatoms. The summed E-state index contributed by atoms with van der Waals surface area (Å²) in [7, 11) is -3.98. The molecule has 0 bridgehead atoms. The Morgan fingerprint density at radius 1 is 1.07 bits per heavy atom. The van der Waals surface area contributed by atoms with Gasteiger partial charge in [-0.3, -0.25) is 0 Å². The molecule has 144 valence electrons. The molecule has 27 heavy (non-hydrogen) atoms. The van der Waals surface area contributed by atoms with E-state index in [1.165, 1.54) is 10.4 Å². The van der Waals surface area contributed by atoms with E-state index in [0.29, 0.717) is 13.1 Å². The molecule has 3 rings (SSSR count). The Hall–Kier alpha value is -2.25. The highest BCUT2D eigenvalue weighted by Crippen LogP contribution is 2.25. The van der Waals surface area contributed by atoms with E-state index in [-0.39, 0.29) is 5.56 Å². The van der Waals surface area contributed by atoms with E-state index in [1.54, 1.807) is 6.92 Å². The van der Waals surface area contributed by atoms with Gasteiger partial charge < -0.3 is 4.74 Å². The van der Waals surface area contributed by atoms with Crippen molar-refractivity contribution >= 4 is 16.0 Å². The molecule has 5 nitrogen and oxygen atoms in total. The van der Waals surface area contributed by atoms with Crippen molar-refractivity contribution in [1.29, 1.82) is 0 Å². The number of ether oxygens (including phenoxy) is 1. The van der Waals surface area contributed by atoms with Crippen LogP contribution in [0.1, 0.15) is 48.2 Å². The standard InChI is InChI=1S/C20H22FNO4S/c1-15(16-8-4-2-5-9-16)26-20(23)17-10-11-18(21)19(14-17)27(24,25)22-12-6-3-7-13-22/h2,4-5,8-11,14-15H,3,6-7,12-13H2,1H3. The number of benzene rings is 2. The second kappa shape index (κ2) is 8.19. The number of sulfonamides is 1. The van der Waals surface area contributed by atoms with Crippen LogP contribution in [-0.4, -0.2) is 31.8 Å². The molecule has 2 aromatic carbocycles. The molecule has 1 fully saturated rings. The molecule has 1 heterocycles. The van der Waals surface area contributed by atoms with Gasteiger partial charge in [-0.2, -0.15) is 4.31 Å². The highest BCUT2D eigenvalue weighted by atomic mass is 32.2. The van der Waals surface area contributed by atoms with E-state index in [0.717, 1.165) is 37.0 Å². The molecule has 0 aliphatic carbocycles. The monoisotopic (exact) mass is 391 g/mol. The Morgan fingerprint density at radius 3 is 2.41 bits per heavy atom. The molecule has 1 unspecified atom stereocenters. The molecule has 0 aromatic heterocycles. The highest BCUT2D eigenvalue weighted by Gasteiger charge is 2.29. The van der Waals surface area contributed by atoms with E-state index in [9.17, 15) is 17.6 Å². The van der Waals surface area contributed by atoms with Gasteiger partial charge in [0.25, 0.3) is 0 Å². The second-order valence-electron chi connectivity index (χ2n) is 6.57. The summed E-state index contributed by atoms with van der Waals surface area (Å²) >= 11 is 0. The first-order valence-electron chi connectivity index (χ1n) is 8.95. The highest BCUT2D eigenvalue weighted by molar-refractivity contribution is 7.89. The van der Waals surface area contributed by atoms with Gasteiger partial charge in [0.15, 0.2) is 0 Å². The number of halogens is 1. The van der Waals surface area contributed by atoms with Crippen LogP contribution in [0.4, 0.5) is 4.39 Å². The number of hydrogen-bond acceptors (Lipinski definition) is 4. The fourth-order valence-electron chi connectivity index (χ4n) is 3.09. The molecule has 0 saturated carbocycles. The molecule has 0 radical (unpaired) electrons. The average Bonchev–Trinajstić information content (AvgIpc) is 2.69. The Kier molecular flexibility index (Phi) is 5.92. The maximum atomic E-state index is 14.3. The van der Waals surface area contributed by atoms with Crippen LogP contribution in [0.3, 0.4) is 0 Å². The molecule has 2 aromatic rings. The third-order valence-electron chi connectivity index (χ3n) is 4.65. The van der Waals surface area contributed by atoms with Crippen molar-refractivity contribution in [1.82, 2.24) is 4.31 Å². The third-order valence-corrected chi connectivity index (χ3v) is 6.57. The number of nitrogens with zero attached hydrogens (tertiary/aromatic N) is 1. The van der Waals surface area contributed by atoms with Crippen molar-refractivity contribution in [3.63, 3.8) is 0 Å². The number of carbonyl (C=O) groups excluding carboxylic acids is 1. The Labute approximate surface area is 158 Å². The van der Waals surface area contributed by atoms with E-state index < -0.39 is 32.8 Å². The molecule has 0 spiro atoms. The van der Waals surface area contributed by atoms with Gasteiger partial charge in [-0.25, -0.2) is 17.6 Å². The van der Waals surface area contributed by atoms with E-state index in [2.05, 4.69) is 0 Å². The fraction of sp³-hybridized carbons (Fsp3) is 0.350. The lowest BCUT2D eigenvalue weighted by molar-refractivity contribution is 0.0337. The third kappa shape index (κ3) is 4.36. The fourth-order valence-corrected chi connectivity index (χ4v) is 4.70. The van der Waals surface area contributed by atoms with Crippen molar-refractivity contribution in [2.75, 3.05) is 13.1 Å². The van der Waals surface area contributed by atoms with Gasteiger partial charge in [0.1, 0.15) is 16.8 Å². The normalized spacial score (nSPS) is 16.7. The first kappa shape index (κ1) is 19.5. The molecule has 1 aliphatic heterocycles. The topological polar surface area (TPSA) is 63.7 Å². The SMILES string of the molecule is CC(OC(=O)c1ccc(F)c(S(=O)(=O)N2CCCCC2)c1)c1ccccc1. The van der Waals surface area contributed by atoms with Crippen LogP contribution in [0.5, 0.6) is 0 Å². The Balaban J connectivity index is 1.83. The molecular formula is C20H22FNO4S. The van der Waals surface area contributed by atoms with Crippen LogP contribution in [0, 0.1) is 5.82 Å². The minimum absolute atomic E-state index is 0.00904. The van der Waals surface area contributed by atoms with Crippen molar-refractivity contribution in [2.24, 2.45) is 0 Å². The molecule has 1 atom stereocenters. The van der Waals surface area contributed by atoms with Crippen molar-refractivity contribution < 1.29 is 22.3 Å². The Morgan fingerprint density at radius 2 is 1.74 bits per heavy atom. The number of esters is 1. The zero-order chi connectivity index (χ0) is 19.4. The van der Waals surface area contributed by atoms with Gasteiger partial charge in [0.2, 0.25) is 10.0 Å². The van der Waals surface area contributed by atoms with E-state index in [4.69, 9.17) is 4.74 Å². The lowest BCUT2D eigenvalue weighted by Crippen LogP contribution is -2.36. The van der Waals surface area contributed by atoms with Crippen molar-refractivity contribution in [2.45, 2.75) is 37.2 Å². The first-order chi connectivity index (χ1) is 12.9. The van der Waals surface area contributed by atoms with Crippen LogP contribution in [-0.2, 0) is 14.8 Å². The summed E-state index contributed by atoms with van der Waals surface area (Å²) in [6.07, 6.45) is 1.94. The molecule has 1 aliphatic rings. The summed E-state index contributed by atoms with van der Waals surface area (Å²) in [6, 6.07) is 12.5. The van der Waals surface area contributed by atoms with Crippen LogP contribution < -0.4 is 0 Å². The predicted octanol–water partition coefficient (Wildman–Crippen LogP) is 3.92. The largest absolute Gasteiger partial charge is 0.454 e. The smallest absolute Gasteiger partial charge is 0.338 e. The minimum atomic E-state index is -3.98. The summed E-state index contributed by atoms with van der Waals surface area (Å²) in [5.74, 6) is -1.56. The maximum Gasteiger partial charge on any atom is 0.338 e. The number of carbonyl (C=O) groups is 1. The van der Waals surface area contributed by atoms with Crippen LogP contribution in [0.25, 0.3) is 0 Å². The van der Waals surface area contributed by atoms with Crippen LogP contribution in [0.15, 0.2) is 53.4 Å². The lowest BCUT2D eigenvalue weighted by atomic mass is 10.1. The van der Waals surface area contributed by atoms with Gasteiger partial charge in [-0.05, 0) is 43.5 Å². The summed E-state index contributed by atoms with van der Waals surface area (Å²) in [4.78, 5) is 12.0. The maximum absolute atomic E-state index is 14.3. The van der Waals surface area contributed by atoms with Crippen LogP contribution >= 0.6 is 0 Å². The molecule has 1 saturated heterocycles. The Bertz CT molecular complexity index is 909. The molecular weight excluding hydrogens is 369 g/mol. The van der Waals surface area contributed by atoms with Gasteiger partial charge in [0.05, 0.1) is 5.56 Å². The summed E-state index contributed by atoms with van der Waals surface area (Å²) in [5.41, 5.74) is 0.823. The number of rotatable bonds is 5. The number of piperidine rings is 1.